The molecule has 2 rings (SSSR count). The molecule has 2 aromatic carbocycles. The molecule has 0 fully saturated rings. The first-order valence-corrected chi connectivity index (χ1v) is 5.99. The maximum atomic E-state index is 13.9. The molecule has 0 aliphatic rings. The molecule has 0 heterocycles. The van der Waals surface area contributed by atoms with Gasteiger partial charge in [-0.1, -0.05) is 23.7 Å². The van der Waals surface area contributed by atoms with E-state index in [2.05, 4.69) is 0 Å². The molecule has 0 radical (unpaired) electrons. The average Bonchev–Trinajstić information content (AvgIpc) is 2.39. The largest absolute Gasteiger partial charge is 0.494 e. The number of hydrogen-bond acceptors (Lipinski definition) is 3. The smallest absolute Gasteiger partial charge is 0.171 e. The normalized spacial score (nSPS) is 10.3. The van der Waals surface area contributed by atoms with Gasteiger partial charge < -0.3 is 15.2 Å². The second-order valence-corrected chi connectivity index (χ2v) is 4.32. The van der Waals surface area contributed by atoms with Gasteiger partial charge in [-0.15, -0.1) is 0 Å². The topological polar surface area (TPSA) is 44.5 Å². The van der Waals surface area contributed by atoms with Crippen LogP contribution in [0.2, 0.25) is 5.02 Å². The third kappa shape index (κ3) is 3.09. The quantitative estimate of drug-likeness (QED) is 0.870. The summed E-state index contributed by atoms with van der Waals surface area (Å²) in [6, 6.07) is 9.78. The minimum atomic E-state index is -0.434. The first kappa shape index (κ1) is 13.5. The predicted molar refractivity (Wildman–Crippen MR) is 73.1 cm³/mol. The maximum Gasteiger partial charge on any atom is 0.171 e. The highest BCUT2D eigenvalue weighted by Crippen LogP contribution is 2.28. The van der Waals surface area contributed by atoms with Gasteiger partial charge in [-0.2, -0.15) is 0 Å². The van der Waals surface area contributed by atoms with Crippen LogP contribution in [-0.2, 0) is 6.61 Å². The van der Waals surface area contributed by atoms with E-state index in [0.717, 1.165) is 0 Å². The van der Waals surface area contributed by atoms with Gasteiger partial charge in [0.25, 0.3) is 0 Å². The zero-order chi connectivity index (χ0) is 13.8. The lowest BCUT2D eigenvalue weighted by molar-refractivity contribution is 0.296. The Kier molecular flexibility index (Phi) is 4.12. The fourth-order valence-corrected chi connectivity index (χ4v) is 1.86. The number of benzene rings is 2. The molecule has 0 saturated heterocycles. The zero-order valence-corrected chi connectivity index (χ0v) is 11.1. The van der Waals surface area contributed by atoms with E-state index in [-0.39, 0.29) is 12.4 Å². The Morgan fingerprint density at radius 2 is 2.00 bits per heavy atom. The van der Waals surface area contributed by atoms with Crippen LogP contribution in [0.3, 0.4) is 0 Å². The van der Waals surface area contributed by atoms with Gasteiger partial charge >= 0.3 is 0 Å². The van der Waals surface area contributed by atoms with Crippen molar-refractivity contribution < 1.29 is 13.9 Å². The second kappa shape index (κ2) is 5.80. The van der Waals surface area contributed by atoms with Crippen molar-refractivity contribution in [2.24, 2.45) is 0 Å². The second-order valence-electron chi connectivity index (χ2n) is 3.91. The number of halogens is 2. The van der Waals surface area contributed by atoms with Crippen molar-refractivity contribution in [3.05, 3.63) is 52.8 Å². The summed E-state index contributed by atoms with van der Waals surface area (Å²) >= 11 is 5.97. The van der Waals surface area contributed by atoms with Crippen LogP contribution < -0.4 is 15.2 Å². The van der Waals surface area contributed by atoms with Gasteiger partial charge in [-0.3, -0.25) is 0 Å². The van der Waals surface area contributed by atoms with Crippen LogP contribution in [0.25, 0.3) is 0 Å². The summed E-state index contributed by atoms with van der Waals surface area (Å²) in [5.74, 6) is 0.208. The Hall–Kier alpha value is -1.94. The minimum Gasteiger partial charge on any atom is -0.494 e. The first-order chi connectivity index (χ1) is 9.11. The van der Waals surface area contributed by atoms with Crippen molar-refractivity contribution in [2.45, 2.75) is 6.61 Å². The Balaban J connectivity index is 2.14. The lowest BCUT2D eigenvalue weighted by Crippen LogP contribution is -2.01. The molecule has 0 atom stereocenters. The summed E-state index contributed by atoms with van der Waals surface area (Å²) < 4.78 is 24.3. The Bertz CT molecular complexity index is 590. The van der Waals surface area contributed by atoms with Crippen molar-refractivity contribution >= 4 is 17.3 Å². The van der Waals surface area contributed by atoms with Gasteiger partial charge in [0.2, 0.25) is 0 Å². The highest BCUT2D eigenvalue weighted by molar-refractivity contribution is 6.32. The summed E-state index contributed by atoms with van der Waals surface area (Å²) in [5.41, 5.74) is 6.52. The predicted octanol–water partition coefficient (Wildman–Crippen LogP) is 3.65. The van der Waals surface area contributed by atoms with Crippen LogP contribution in [0.5, 0.6) is 11.5 Å². The van der Waals surface area contributed by atoms with Crippen LogP contribution in [-0.4, -0.2) is 7.11 Å². The van der Waals surface area contributed by atoms with Gasteiger partial charge in [0, 0.05) is 11.3 Å². The van der Waals surface area contributed by atoms with Crippen LogP contribution in [0.15, 0.2) is 36.4 Å². The average molecular weight is 282 g/mol. The monoisotopic (exact) mass is 281 g/mol. The molecule has 3 nitrogen and oxygen atoms in total. The van der Waals surface area contributed by atoms with E-state index >= 15 is 0 Å². The van der Waals surface area contributed by atoms with Crippen LogP contribution in [0.4, 0.5) is 10.1 Å². The molecular weight excluding hydrogens is 269 g/mol. The summed E-state index contributed by atoms with van der Waals surface area (Å²) in [5, 5.41) is 0.392. The van der Waals surface area contributed by atoms with Crippen molar-refractivity contribution in [1.82, 2.24) is 0 Å². The van der Waals surface area contributed by atoms with Gasteiger partial charge in [-0.25, -0.2) is 4.39 Å². The highest BCUT2D eigenvalue weighted by Gasteiger charge is 2.09. The van der Waals surface area contributed by atoms with Crippen molar-refractivity contribution in [3.8, 4) is 11.5 Å². The van der Waals surface area contributed by atoms with Gasteiger partial charge in [0.15, 0.2) is 11.6 Å². The van der Waals surface area contributed by atoms with Crippen LogP contribution >= 0.6 is 11.6 Å². The molecule has 0 spiro atoms. The van der Waals surface area contributed by atoms with E-state index in [9.17, 15) is 4.39 Å². The number of rotatable bonds is 4. The van der Waals surface area contributed by atoms with Gasteiger partial charge in [-0.05, 0) is 24.3 Å². The van der Waals surface area contributed by atoms with Crippen molar-refractivity contribution in [2.75, 3.05) is 12.8 Å². The molecule has 2 aromatic rings. The fraction of sp³-hybridized carbons (Fsp3) is 0.143. The first-order valence-electron chi connectivity index (χ1n) is 5.61. The minimum absolute atomic E-state index is 0.0622. The van der Waals surface area contributed by atoms with E-state index in [4.69, 9.17) is 26.8 Å². The van der Waals surface area contributed by atoms with E-state index in [0.29, 0.717) is 22.0 Å². The Morgan fingerprint density at radius 3 is 2.68 bits per heavy atom. The van der Waals surface area contributed by atoms with E-state index < -0.39 is 5.82 Å². The molecule has 0 unspecified atom stereocenters. The van der Waals surface area contributed by atoms with Gasteiger partial charge in [0.1, 0.15) is 12.4 Å². The Labute approximate surface area is 115 Å². The third-order valence-corrected chi connectivity index (χ3v) is 2.90. The number of ether oxygens (including phenoxy) is 2. The molecular formula is C14H13ClFNO2. The number of nitrogen functional groups attached to an aromatic ring is 1. The molecule has 0 aromatic heterocycles. The number of nitrogens with two attached hydrogens (primary N) is 1. The molecule has 0 aliphatic carbocycles. The SMILES string of the molecule is COc1cccc(COc2ccc(N)cc2Cl)c1F. The lowest BCUT2D eigenvalue weighted by Gasteiger charge is -2.10. The fourth-order valence-electron chi connectivity index (χ4n) is 1.62. The highest BCUT2D eigenvalue weighted by atomic mass is 35.5. The third-order valence-electron chi connectivity index (χ3n) is 2.60. The van der Waals surface area contributed by atoms with Crippen molar-refractivity contribution in [1.29, 1.82) is 0 Å². The number of hydrogen-bond donors (Lipinski definition) is 1. The summed E-state index contributed by atoms with van der Waals surface area (Å²) in [6.07, 6.45) is 0. The maximum absolute atomic E-state index is 13.9. The Morgan fingerprint density at radius 1 is 1.21 bits per heavy atom. The van der Waals surface area contributed by atoms with Crippen LogP contribution in [0.1, 0.15) is 5.56 Å². The van der Waals surface area contributed by atoms with Crippen LogP contribution in [0, 0.1) is 5.82 Å². The summed E-state index contributed by atoms with van der Waals surface area (Å²) in [7, 11) is 1.42. The summed E-state index contributed by atoms with van der Waals surface area (Å²) in [4.78, 5) is 0. The molecule has 5 heteroatoms. The summed E-state index contributed by atoms with van der Waals surface area (Å²) in [6.45, 7) is 0.0622. The zero-order valence-electron chi connectivity index (χ0n) is 10.3. The molecule has 0 aliphatic heterocycles. The molecule has 2 N–H and O–H groups in total. The molecule has 0 saturated carbocycles. The number of anilines is 1. The van der Waals surface area contributed by atoms with E-state index in [1.54, 1.807) is 36.4 Å². The molecule has 100 valence electrons. The van der Waals surface area contributed by atoms with E-state index in [1.807, 2.05) is 0 Å². The number of methoxy groups -OCH3 is 1. The van der Waals surface area contributed by atoms with E-state index in [1.165, 1.54) is 7.11 Å². The molecule has 0 bridgehead atoms. The van der Waals surface area contributed by atoms with Crippen molar-refractivity contribution in [3.63, 3.8) is 0 Å². The lowest BCUT2D eigenvalue weighted by atomic mass is 10.2. The standard InChI is InChI=1S/C14H13ClFNO2/c1-18-13-4-2-3-9(14(13)16)8-19-12-6-5-10(17)7-11(12)15/h2-7H,8,17H2,1H3. The van der Waals surface area contributed by atoms with Gasteiger partial charge in [0.05, 0.1) is 12.1 Å². The molecule has 0 amide bonds. The molecule has 19 heavy (non-hydrogen) atoms.